The van der Waals surface area contributed by atoms with Gasteiger partial charge in [-0.15, -0.1) is 0 Å². The van der Waals surface area contributed by atoms with E-state index in [9.17, 15) is 0 Å². The van der Waals surface area contributed by atoms with Crippen LogP contribution in [0.5, 0.6) is 5.75 Å². The summed E-state index contributed by atoms with van der Waals surface area (Å²) < 4.78 is 8.71. The van der Waals surface area contributed by atoms with E-state index in [1.165, 1.54) is 28.7 Å². The van der Waals surface area contributed by atoms with Crippen LogP contribution in [0, 0.1) is 11.7 Å². The van der Waals surface area contributed by atoms with Crippen LogP contribution in [-0.2, 0) is 19.4 Å². The lowest BCUT2D eigenvalue weighted by Crippen LogP contribution is -2.07. The molecule has 2 aromatic carbocycles. The number of ether oxygens (including phenoxy) is 1. The molecule has 0 bridgehead atoms. The molecule has 0 radical (unpaired) electrons. The van der Waals surface area contributed by atoms with Gasteiger partial charge in [0.25, 0.3) is 0 Å². The Balaban J connectivity index is 1.60. The zero-order valence-corrected chi connectivity index (χ0v) is 16.9. The van der Waals surface area contributed by atoms with Gasteiger partial charge in [0.05, 0.1) is 0 Å². The lowest BCUT2D eigenvalue weighted by Gasteiger charge is -2.13. The second-order valence-electron chi connectivity index (χ2n) is 7.51. The first-order valence-electron chi connectivity index (χ1n) is 9.55. The number of aromatic amines is 1. The summed E-state index contributed by atoms with van der Waals surface area (Å²) in [4.78, 5) is 0. The summed E-state index contributed by atoms with van der Waals surface area (Å²) in [6, 6.07) is 12.7. The second-order valence-corrected chi connectivity index (χ2v) is 7.89. The quantitative estimate of drug-likeness (QED) is 0.601. The lowest BCUT2D eigenvalue weighted by atomic mass is 10.0. The van der Waals surface area contributed by atoms with Crippen molar-refractivity contribution in [1.82, 2.24) is 14.8 Å². The van der Waals surface area contributed by atoms with Gasteiger partial charge in [-0.05, 0) is 84.8 Å². The van der Waals surface area contributed by atoms with E-state index in [1.807, 2.05) is 4.57 Å². The van der Waals surface area contributed by atoms with Crippen LogP contribution in [0.4, 0.5) is 0 Å². The monoisotopic (exact) mass is 379 g/mol. The molecule has 0 amide bonds. The number of aryl methyl sites for hydroxylation is 1. The van der Waals surface area contributed by atoms with Crippen molar-refractivity contribution >= 4 is 12.2 Å². The van der Waals surface area contributed by atoms with E-state index in [-0.39, 0.29) is 0 Å². The van der Waals surface area contributed by atoms with Crippen LogP contribution in [0.25, 0.3) is 5.69 Å². The first-order chi connectivity index (χ1) is 13.0. The molecule has 3 aromatic rings. The maximum absolute atomic E-state index is 6.18. The highest BCUT2D eigenvalue weighted by Crippen LogP contribution is 2.33. The molecule has 1 aromatic heterocycles. The van der Waals surface area contributed by atoms with E-state index in [4.69, 9.17) is 17.0 Å². The molecule has 1 N–H and O–H groups in total. The molecule has 0 aliphatic heterocycles. The van der Waals surface area contributed by atoms with Crippen molar-refractivity contribution in [3.05, 3.63) is 69.2 Å². The second kappa shape index (κ2) is 7.31. The molecule has 1 heterocycles. The van der Waals surface area contributed by atoms with Crippen molar-refractivity contribution in [2.24, 2.45) is 0 Å². The van der Waals surface area contributed by atoms with Crippen molar-refractivity contribution < 1.29 is 4.74 Å². The molecular weight excluding hydrogens is 354 g/mol. The highest BCUT2D eigenvalue weighted by molar-refractivity contribution is 7.71. The summed E-state index contributed by atoms with van der Waals surface area (Å²) in [6.45, 7) is 6.95. The first-order valence-corrected chi connectivity index (χ1v) is 9.96. The Morgan fingerprint density at radius 3 is 2.59 bits per heavy atom. The fourth-order valence-electron chi connectivity index (χ4n) is 3.83. The average Bonchev–Trinajstić information content (AvgIpc) is 3.29. The zero-order valence-electron chi connectivity index (χ0n) is 16.1. The largest absolute Gasteiger partial charge is 0.485 e. The molecule has 0 atom stereocenters. The van der Waals surface area contributed by atoms with Crippen LogP contribution in [0.2, 0.25) is 0 Å². The van der Waals surface area contributed by atoms with Crippen LogP contribution in [0.15, 0.2) is 36.4 Å². The first kappa shape index (κ1) is 18.0. The Hall–Kier alpha value is -2.40. The van der Waals surface area contributed by atoms with Crippen LogP contribution < -0.4 is 4.74 Å². The van der Waals surface area contributed by atoms with Crippen LogP contribution in [0.1, 0.15) is 54.3 Å². The minimum Gasteiger partial charge on any atom is -0.485 e. The summed E-state index contributed by atoms with van der Waals surface area (Å²) in [5.41, 5.74) is 6.49. The van der Waals surface area contributed by atoms with Crippen LogP contribution in [0.3, 0.4) is 0 Å². The van der Waals surface area contributed by atoms with Gasteiger partial charge in [0.1, 0.15) is 12.4 Å². The Morgan fingerprint density at radius 1 is 1.11 bits per heavy atom. The van der Waals surface area contributed by atoms with Gasteiger partial charge in [-0.3, -0.25) is 9.67 Å². The summed E-state index contributed by atoms with van der Waals surface area (Å²) in [7, 11) is 0. The molecule has 4 rings (SSSR count). The number of H-pyrrole nitrogens is 1. The van der Waals surface area contributed by atoms with Crippen LogP contribution in [-0.4, -0.2) is 14.8 Å². The molecule has 0 saturated heterocycles. The van der Waals surface area contributed by atoms with Gasteiger partial charge in [-0.1, -0.05) is 32.0 Å². The Bertz CT molecular complexity index is 1020. The summed E-state index contributed by atoms with van der Waals surface area (Å²) in [5.74, 6) is 2.26. The predicted octanol–water partition coefficient (Wildman–Crippen LogP) is 5.43. The van der Waals surface area contributed by atoms with Gasteiger partial charge in [0.2, 0.25) is 0 Å². The van der Waals surface area contributed by atoms with Gasteiger partial charge in [0.15, 0.2) is 10.6 Å². The van der Waals surface area contributed by atoms with Crippen LogP contribution >= 0.6 is 12.2 Å². The topological polar surface area (TPSA) is 42.8 Å². The number of aromatic nitrogens is 3. The molecule has 0 unspecified atom stereocenters. The summed E-state index contributed by atoms with van der Waals surface area (Å²) in [5, 5.41) is 7.30. The third-order valence-electron chi connectivity index (χ3n) is 5.39. The lowest BCUT2D eigenvalue weighted by molar-refractivity contribution is 0.290. The number of hydrogen-bond donors (Lipinski definition) is 1. The van der Waals surface area contributed by atoms with Crippen molar-refractivity contribution in [3.8, 4) is 11.4 Å². The molecule has 0 fully saturated rings. The fraction of sp³-hybridized carbons (Fsp3) is 0.364. The number of hydrogen-bond acceptors (Lipinski definition) is 3. The molecule has 27 heavy (non-hydrogen) atoms. The maximum atomic E-state index is 6.18. The number of rotatable bonds is 5. The molecule has 0 spiro atoms. The van der Waals surface area contributed by atoms with Gasteiger partial charge < -0.3 is 4.74 Å². The number of nitrogens with zero attached hydrogens (tertiary/aromatic N) is 2. The highest BCUT2D eigenvalue weighted by atomic mass is 32.1. The summed E-state index contributed by atoms with van der Waals surface area (Å²) >= 11 is 5.46. The molecule has 1 aliphatic carbocycles. The van der Waals surface area contributed by atoms with Crippen molar-refractivity contribution in [2.45, 2.75) is 52.6 Å². The Kier molecular flexibility index (Phi) is 4.87. The minimum atomic E-state index is 0.384. The van der Waals surface area contributed by atoms with E-state index >= 15 is 0 Å². The van der Waals surface area contributed by atoms with Gasteiger partial charge in [-0.2, -0.15) is 5.10 Å². The van der Waals surface area contributed by atoms with E-state index in [2.05, 4.69) is 67.4 Å². The highest BCUT2D eigenvalue weighted by Gasteiger charge is 2.18. The standard InChI is InChI=1S/C22H25N3OS/c1-14(2)16-8-10-17(11-9-16)25-21(23-24-22(25)27)13-26-20-12-7-15(3)18-5-4-6-19(18)20/h7-12,14H,4-6,13H2,1-3H3,(H,24,27). The third kappa shape index (κ3) is 3.44. The van der Waals surface area contributed by atoms with Gasteiger partial charge in [0, 0.05) is 5.69 Å². The van der Waals surface area contributed by atoms with E-state index in [1.54, 1.807) is 0 Å². The Morgan fingerprint density at radius 2 is 1.85 bits per heavy atom. The average molecular weight is 380 g/mol. The molecular formula is C22H25N3OS. The SMILES string of the molecule is Cc1ccc(OCc2n[nH]c(=S)n2-c2ccc(C(C)C)cc2)c2c1CCC2. The number of nitrogens with one attached hydrogen (secondary N) is 1. The number of benzene rings is 2. The van der Waals surface area contributed by atoms with Crippen molar-refractivity contribution in [1.29, 1.82) is 0 Å². The molecule has 4 nitrogen and oxygen atoms in total. The normalized spacial score (nSPS) is 13.2. The molecule has 5 heteroatoms. The summed E-state index contributed by atoms with van der Waals surface area (Å²) in [6.07, 6.45) is 3.45. The third-order valence-corrected chi connectivity index (χ3v) is 5.67. The fourth-order valence-corrected chi connectivity index (χ4v) is 4.09. The van der Waals surface area contributed by atoms with Gasteiger partial charge in [-0.25, -0.2) is 0 Å². The molecule has 1 aliphatic rings. The number of fused-ring (bicyclic) bond motifs is 1. The predicted molar refractivity (Wildman–Crippen MR) is 110 cm³/mol. The van der Waals surface area contributed by atoms with E-state index in [0.29, 0.717) is 17.3 Å². The molecule has 0 saturated carbocycles. The van der Waals surface area contributed by atoms with Gasteiger partial charge >= 0.3 is 0 Å². The van der Waals surface area contributed by atoms with E-state index < -0.39 is 0 Å². The molecule has 140 valence electrons. The van der Waals surface area contributed by atoms with E-state index in [0.717, 1.165) is 30.1 Å². The minimum absolute atomic E-state index is 0.384. The smallest absolute Gasteiger partial charge is 0.199 e. The Labute approximate surface area is 165 Å². The zero-order chi connectivity index (χ0) is 19.0. The maximum Gasteiger partial charge on any atom is 0.199 e. The van der Waals surface area contributed by atoms with Crippen molar-refractivity contribution in [3.63, 3.8) is 0 Å². The van der Waals surface area contributed by atoms with Crippen molar-refractivity contribution in [2.75, 3.05) is 0 Å².